The average Bonchev–Trinajstić information content (AvgIpc) is 3.70. The summed E-state index contributed by atoms with van der Waals surface area (Å²) in [4.78, 5) is 20.4. The van der Waals surface area contributed by atoms with Gasteiger partial charge in [-0.3, -0.25) is 15.2 Å². The van der Waals surface area contributed by atoms with Crippen molar-refractivity contribution in [3.05, 3.63) is 95.1 Å². The van der Waals surface area contributed by atoms with Gasteiger partial charge < -0.3 is 14.8 Å². The average molecular weight is 557 g/mol. The molecule has 41 heavy (non-hydrogen) atoms. The van der Waals surface area contributed by atoms with Crippen molar-refractivity contribution >= 4 is 11.8 Å². The second kappa shape index (κ2) is 11.8. The van der Waals surface area contributed by atoms with Gasteiger partial charge in [0.1, 0.15) is 11.6 Å². The van der Waals surface area contributed by atoms with Crippen molar-refractivity contribution in [2.24, 2.45) is 0 Å². The number of benzene rings is 2. The molecule has 0 unspecified atom stereocenters. The second-order valence-electron chi connectivity index (χ2n) is 10.5. The number of fused-ring (bicyclic) bond motifs is 1. The van der Waals surface area contributed by atoms with E-state index in [1.54, 1.807) is 30.1 Å². The van der Waals surface area contributed by atoms with Gasteiger partial charge >= 0.3 is 6.03 Å². The molecule has 10 heteroatoms. The summed E-state index contributed by atoms with van der Waals surface area (Å²) in [6, 6.07) is 17.8. The number of halogens is 1. The Labute approximate surface area is 238 Å². The zero-order valence-electron chi connectivity index (χ0n) is 23.1. The predicted molar refractivity (Wildman–Crippen MR) is 153 cm³/mol. The molecular weight excluding hydrogens is 523 g/mol. The van der Waals surface area contributed by atoms with E-state index in [4.69, 9.17) is 14.6 Å². The molecule has 0 radical (unpaired) electrons. The normalized spacial score (nSPS) is 18.4. The summed E-state index contributed by atoms with van der Waals surface area (Å²) in [5, 5.41) is 11.2. The third-order valence-electron chi connectivity index (χ3n) is 7.79. The standard InChI is InChI=1S/C31H33FN6O3/c1-20-29(22-13-23-18-41-19-28(23)33-15-22)36-38(25-9-4-3-5-10-25)30(20)35-31(39)34-27-17-37(11-12-40-2)16-26(27)21-7-6-8-24(32)14-21/h3-10,13-15,26-27H,11-12,16-19H2,1-2H3,(H2,34,35,39)/t26-,27+/m0/s1. The zero-order chi connectivity index (χ0) is 28.3. The van der Waals surface area contributed by atoms with Gasteiger partial charge in [0.05, 0.1) is 42.9 Å². The first-order chi connectivity index (χ1) is 20.0. The monoisotopic (exact) mass is 556 g/mol. The molecule has 0 aliphatic carbocycles. The van der Waals surface area contributed by atoms with E-state index in [-0.39, 0.29) is 23.8 Å². The van der Waals surface area contributed by atoms with Crippen molar-refractivity contribution < 1.29 is 18.7 Å². The first-order valence-corrected chi connectivity index (χ1v) is 13.8. The number of rotatable bonds is 8. The molecule has 2 aliphatic heterocycles. The number of pyridine rings is 1. The van der Waals surface area contributed by atoms with Gasteiger partial charge in [-0.15, -0.1) is 0 Å². The molecule has 0 bridgehead atoms. The molecule has 4 aromatic rings. The Morgan fingerprint density at radius 1 is 1.12 bits per heavy atom. The van der Waals surface area contributed by atoms with Crippen molar-refractivity contribution in [1.82, 2.24) is 25.0 Å². The lowest BCUT2D eigenvalue weighted by Crippen LogP contribution is -2.42. The Kier molecular flexibility index (Phi) is 7.78. The van der Waals surface area contributed by atoms with Crippen LogP contribution in [0.5, 0.6) is 0 Å². The van der Waals surface area contributed by atoms with Crippen LogP contribution in [0.1, 0.15) is 28.3 Å². The first-order valence-electron chi connectivity index (χ1n) is 13.8. The molecule has 9 nitrogen and oxygen atoms in total. The van der Waals surface area contributed by atoms with Gasteiger partial charge in [0.2, 0.25) is 0 Å². The third kappa shape index (κ3) is 5.72. The number of aromatic nitrogens is 3. The van der Waals surface area contributed by atoms with Crippen molar-refractivity contribution in [2.45, 2.75) is 32.1 Å². The number of carbonyl (C=O) groups is 1. The van der Waals surface area contributed by atoms with Crippen LogP contribution in [-0.4, -0.2) is 65.1 Å². The Balaban J connectivity index is 1.28. The van der Waals surface area contributed by atoms with Crippen LogP contribution >= 0.6 is 0 Å². The number of amides is 2. The van der Waals surface area contributed by atoms with E-state index >= 15 is 0 Å². The number of ether oxygens (including phenoxy) is 2. The number of hydrogen-bond donors (Lipinski definition) is 2. The molecule has 2 aromatic carbocycles. The lowest BCUT2D eigenvalue weighted by Gasteiger charge is -2.21. The van der Waals surface area contributed by atoms with Crippen LogP contribution in [0.25, 0.3) is 16.9 Å². The molecule has 1 saturated heterocycles. The number of hydrogen-bond acceptors (Lipinski definition) is 6. The molecule has 1 fully saturated rings. The van der Waals surface area contributed by atoms with Crippen LogP contribution < -0.4 is 10.6 Å². The van der Waals surface area contributed by atoms with Gasteiger partial charge in [-0.1, -0.05) is 30.3 Å². The molecule has 4 heterocycles. The summed E-state index contributed by atoms with van der Waals surface area (Å²) in [7, 11) is 1.67. The number of nitrogens with zero attached hydrogens (tertiary/aromatic N) is 4. The quantitative estimate of drug-likeness (QED) is 0.328. The Morgan fingerprint density at radius 3 is 2.78 bits per heavy atom. The molecule has 0 saturated carbocycles. The van der Waals surface area contributed by atoms with Gasteiger partial charge in [-0.2, -0.15) is 5.10 Å². The van der Waals surface area contributed by atoms with E-state index < -0.39 is 0 Å². The highest BCUT2D eigenvalue weighted by molar-refractivity contribution is 5.91. The van der Waals surface area contributed by atoms with Crippen LogP contribution in [0.3, 0.4) is 0 Å². The summed E-state index contributed by atoms with van der Waals surface area (Å²) in [5.74, 6) is 0.212. The number of anilines is 1. The van der Waals surface area contributed by atoms with Crippen molar-refractivity contribution in [2.75, 3.05) is 38.7 Å². The summed E-state index contributed by atoms with van der Waals surface area (Å²) in [5.41, 5.74) is 6.08. The first kappa shape index (κ1) is 27.1. The maximum absolute atomic E-state index is 14.1. The van der Waals surface area contributed by atoms with E-state index in [2.05, 4.69) is 26.6 Å². The van der Waals surface area contributed by atoms with Crippen molar-refractivity contribution in [3.63, 3.8) is 0 Å². The topological polar surface area (TPSA) is 93.5 Å². The lowest BCUT2D eigenvalue weighted by atomic mass is 9.94. The van der Waals surface area contributed by atoms with E-state index in [0.717, 1.165) is 45.9 Å². The van der Waals surface area contributed by atoms with Crippen LogP contribution in [0.15, 0.2) is 66.9 Å². The predicted octanol–water partition coefficient (Wildman–Crippen LogP) is 4.65. The van der Waals surface area contributed by atoms with Gasteiger partial charge in [-0.05, 0) is 42.8 Å². The minimum absolute atomic E-state index is 0.0660. The van der Waals surface area contributed by atoms with E-state index in [1.807, 2.05) is 43.3 Å². The smallest absolute Gasteiger partial charge is 0.320 e. The number of urea groups is 1. The number of nitrogens with one attached hydrogen (secondary N) is 2. The maximum atomic E-state index is 14.1. The molecule has 6 rings (SSSR count). The van der Waals surface area contributed by atoms with E-state index in [1.165, 1.54) is 6.07 Å². The Morgan fingerprint density at radius 2 is 1.98 bits per heavy atom. The van der Waals surface area contributed by atoms with Crippen LogP contribution in [-0.2, 0) is 22.7 Å². The van der Waals surface area contributed by atoms with Gasteiger partial charge in [0.25, 0.3) is 0 Å². The molecular formula is C31H33FN6O3. The molecule has 0 spiro atoms. The fourth-order valence-corrected chi connectivity index (χ4v) is 5.68. The van der Waals surface area contributed by atoms with Gasteiger partial charge in [0, 0.05) is 55.5 Å². The maximum Gasteiger partial charge on any atom is 0.320 e. The lowest BCUT2D eigenvalue weighted by molar-refractivity contribution is 0.133. The summed E-state index contributed by atoms with van der Waals surface area (Å²) in [6.45, 7) is 5.61. The highest BCUT2D eigenvalue weighted by Gasteiger charge is 2.35. The fraction of sp³-hybridized carbons (Fsp3) is 0.323. The molecule has 2 aliphatic rings. The van der Waals surface area contributed by atoms with Crippen LogP contribution in [0, 0.1) is 12.7 Å². The zero-order valence-corrected chi connectivity index (χ0v) is 23.1. The minimum atomic E-state index is -0.350. The Hall–Kier alpha value is -4.12. The van der Waals surface area contributed by atoms with Crippen LogP contribution in [0.2, 0.25) is 0 Å². The fourth-order valence-electron chi connectivity index (χ4n) is 5.68. The largest absolute Gasteiger partial charge is 0.383 e. The van der Waals surface area contributed by atoms with Gasteiger partial charge in [-0.25, -0.2) is 13.9 Å². The third-order valence-corrected chi connectivity index (χ3v) is 7.79. The highest BCUT2D eigenvalue weighted by atomic mass is 19.1. The van der Waals surface area contributed by atoms with Gasteiger partial charge in [0.15, 0.2) is 0 Å². The molecule has 2 N–H and O–H groups in total. The molecule has 2 aromatic heterocycles. The second-order valence-corrected chi connectivity index (χ2v) is 10.5. The Bertz CT molecular complexity index is 1540. The summed E-state index contributed by atoms with van der Waals surface area (Å²) in [6.07, 6.45) is 1.80. The van der Waals surface area contributed by atoms with Crippen LogP contribution in [0.4, 0.5) is 15.0 Å². The molecule has 212 valence electrons. The SMILES string of the molecule is COCCN1C[C@@H](NC(=O)Nc2c(C)c(-c3cnc4c(c3)COC4)nn2-c2ccccc2)[C@H](c2cccc(F)c2)C1. The number of carbonyl (C=O) groups excluding carboxylic acids is 1. The molecule has 2 atom stereocenters. The number of methoxy groups -OCH3 is 1. The highest BCUT2D eigenvalue weighted by Crippen LogP contribution is 2.33. The molecule has 2 amide bonds. The van der Waals surface area contributed by atoms with Crippen molar-refractivity contribution in [3.8, 4) is 16.9 Å². The number of likely N-dealkylation sites (tertiary alicyclic amines) is 1. The van der Waals surface area contributed by atoms with E-state index in [9.17, 15) is 9.18 Å². The van der Waals surface area contributed by atoms with E-state index in [0.29, 0.717) is 38.7 Å². The summed E-state index contributed by atoms with van der Waals surface area (Å²) >= 11 is 0. The number of para-hydroxylation sites is 1. The minimum Gasteiger partial charge on any atom is -0.383 e. The van der Waals surface area contributed by atoms with Crippen molar-refractivity contribution in [1.29, 1.82) is 0 Å². The summed E-state index contributed by atoms with van der Waals surface area (Å²) < 4.78 is 26.7.